The largest absolute Gasteiger partial charge is 0.673 e. The molecule has 88 valence electrons. The molecule has 15 heavy (non-hydrogen) atoms. The van der Waals surface area contributed by atoms with E-state index in [1.807, 2.05) is 6.20 Å². The lowest BCUT2D eigenvalue weighted by atomic mass is 10.3. The summed E-state index contributed by atoms with van der Waals surface area (Å²) in [6, 6.07) is 0. The van der Waals surface area contributed by atoms with Gasteiger partial charge in [0.1, 0.15) is 12.4 Å². The number of aromatic amines is 1. The minimum absolute atomic E-state index is 1.14. The summed E-state index contributed by atoms with van der Waals surface area (Å²) in [5.41, 5.74) is 0. The summed E-state index contributed by atoms with van der Waals surface area (Å²) < 4.78 is 41.2. The maximum atomic E-state index is 9.75. The zero-order chi connectivity index (χ0) is 11.9. The first-order valence-corrected chi connectivity index (χ1v) is 4.75. The minimum Gasteiger partial charge on any atom is -0.418 e. The van der Waals surface area contributed by atoms with E-state index < -0.39 is 7.25 Å². The third-order valence-electron chi connectivity index (χ3n) is 1.73. The van der Waals surface area contributed by atoms with Gasteiger partial charge in [-0.25, -0.2) is 9.55 Å². The molecule has 1 aromatic heterocycles. The Bertz CT molecular complexity index is 266. The summed E-state index contributed by atoms with van der Waals surface area (Å²) in [6.45, 7) is 5.45. The van der Waals surface area contributed by atoms with E-state index in [1.54, 1.807) is 0 Å². The number of nitrogens with one attached hydrogen (secondary N) is 1. The van der Waals surface area contributed by atoms with Crippen LogP contribution in [-0.4, -0.2) is 11.8 Å². The highest BCUT2D eigenvalue weighted by Crippen LogP contribution is 2.06. The Balaban J connectivity index is 0.000000336. The smallest absolute Gasteiger partial charge is 0.418 e. The zero-order valence-corrected chi connectivity index (χ0v) is 8.81. The Hall–Kier alpha value is -1.01. The van der Waals surface area contributed by atoms with E-state index in [2.05, 4.69) is 29.6 Å². The summed E-state index contributed by atoms with van der Waals surface area (Å²) in [6.07, 6.45) is 6.59. The van der Waals surface area contributed by atoms with Gasteiger partial charge < -0.3 is 17.3 Å². The Kier molecular flexibility index (Phi) is 6.04. The van der Waals surface area contributed by atoms with E-state index in [4.69, 9.17) is 0 Å². The molecule has 0 saturated heterocycles. The standard InChI is InChI=1S/C8H14N2.BF4/c1-3-4-6-10-7-5-9-8(10)2;2-1(3,4)5/h5,7H,3-4,6H2,1-2H3;/q;-1/p+1. The van der Waals surface area contributed by atoms with Crippen molar-refractivity contribution in [3.05, 3.63) is 18.2 Å². The second-order valence-corrected chi connectivity index (χ2v) is 3.09. The molecular formula is C8H15BF4N2. The molecule has 0 radical (unpaired) electrons. The third kappa shape index (κ3) is 9.30. The topological polar surface area (TPSA) is 19.1 Å². The number of imidazole rings is 1. The highest BCUT2D eigenvalue weighted by atomic mass is 19.5. The normalized spacial score (nSPS) is 10.8. The van der Waals surface area contributed by atoms with Crippen LogP contribution in [0.1, 0.15) is 25.6 Å². The average molecular weight is 226 g/mol. The Morgan fingerprint density at radius 3 is 2.20 bits per heavy atom. The molecule has 0 spiro atoms. The first kappa shape index (κ1) is 14.0. The van der Waals surface area contributed by atoms with Gasteiger partial charge in [-0.05, 0) is 6.42 Å². The van der Waals surface area contributed by atoms with E-state index in [0.29, 0.717) is 0 Å². The second-order valence-electron chi connectivity index (χ2n) is 3.09. The van der Waals surface area contributed by atoms with Crippen molar-refractivity contribution in [2.75, 3.05) is 0 Å². The molecule has 0 saturated carbocycles. The number of unbranched alkanes of at least 4 members (excludes halogenated alkanes) is 1. The highest BCUT2D eigenvalue weighted by molar-refractivity contribution is 6.50. The maximum absolute atomic E-state index is 9.75. The van der Waals surface area contributed by atoms with Crippen LogP contribution in [0.4, 0.5) is 17.3 Å². The quantitative estimate of drug-likeness (QED) is 0.557. The summed E-state index contributed by atoms with van der Waals surface area (Å²) in [7, 11) is -6.00. The molecule has 0 fully saturated rings. The van der Waals surface area contributed by atoms with Gasteiger partial charge in [-0.2, -0.15) is 0 Å². The molecule has 0 aliphatic carbocycles. The van der Waals surface area contributed by atoms with E-state index in [1.165, 1.54) is 18.7 Å². The minimum atomic E-state index is -6.00. The van der Waals surface area contributed by atoms with Crippen LogP contribution in [0.15, 0.2) is 12.4 Å². The van der Waals surface area contributed by atoms with Crippen LogP contribution in [0.2, 0.25) is 0 Å². The molecule has 1 heterocycles. The fourth-order valence-corrected chi connectivity index (χ4v) is 1.01. The van der Waals surface area contributed by atoms with Gasteiger partial charge in [-0.1, -0.05) is 13.3 Å². The molecule has 2 nitrogen and oxygen atoms in total. The van der Waals surface area contributed by atoms with Crippen molar-refractivity contribution in [1.82, 2.24) is 4.57 Å². The number of rotatable bonds is 3. The molecule has 7 heteroatoms. The van der Waals surface area contributed by atoms with Crippen LogP contribution < -0.4 is 4.98 Å². The van der Waals surface area contributed by atoms with Gasteiger partial charge >= 0.3 is 7.25 Å². The van der Waals surface area contributed by atoms with Gasteiger partial charge in [-0.3, -0.25) is 0 Å². The van der Waals surface area contributed by atoms with Crippen LogP contribution in [0, 0.1) is 6.92 Å². The van der Waals surface area contributed by atoms with E-state index in [9.17, 15) is 17.3 Å². The summed E-state index contributed by atoms with van der Waals surface area (Å²) in [5.74, 6) is 1.24. The number of hydrogen-bond donors (Lipinski definition) is 0. The van der Waals surface area contributed by atoms with E-state index in [0.717, 1.165) is 6.54 Å². The number of halogens is 4. The average Bonchev–Trinajstić information content (AvgIpc) is 2.45. The molecule has 0 amide bonds. The first-order chi connectivity index (χ1) is 6.84. The monoisotopic (exact) mass is 226 g/mol. The molecule has 1 aromatic rings. The van der Waals surface area contributed by atoms with Crippen molar-refractivity contribution in [2.45, 2.75) is 33.2 Å². The van der Waals surface area contributed by atoms with Crippen molar-refractivity contribution in [2.24, 2.45) is 0 Å². The highest BCUT2D eigenvalue weighted by Gasteiger charge is 2.20. The molecule has 0 aromatic carbocycles. The van der Waals surface area contributed by atoms with Crippen molar-refractivity contribution in [3.63, 3.8) is 0 Å². The lowest BCUT2D eigenvalue weighted by Crippen LogP contribution is -2.07. The molecule has 0 aliphatic rings. The number of aromatic nitrogens is 2. The third-order valence-corrected chi connectivity index (χ3v) is 1.73. The van der Waals surface area contributed by atoms with Crippen molar-refractivity contribution >= 4 is 7.25 Å². The molecular weight excluding hydrogens is 211 g/mol. The fraction of sp³-hybridized carbons (Fsp3) is 0.625. The van der Waals surface area contributed by atoms with Gasteiger partial charge in [0.2, 0.25) is 0 Å². The van der Waals surface area contributed by atoms with Gasteiger partial charge in [0.05, 0.1) is 6.54 Å². The Morgan fingerprint density at radius 2 is 1.87 bits per heavy atom. The molecule has 0 unspecified atom stereocenters. The van der Waals surface area contributed by atoms with Crippen molar-refractivity contribution in [1.29, 1.82) is 0 Å². The van der Waals surface area contributed by atoms with Crippen LogP contribution in [0.25, 0.3) is 0 Å². The first-order valence-electron chi connectivity index (χ1n) is 4.75. The van der Waals surface area contributed by atoms with Gasteiger partial charge in [0.25, 0.3) is 5.82 Å². The van der Waals surface area contributed by atoms with Gasteiger partial charge in [0.15, 0.2) is 0 Å². The predicted molar refractivity (Wildman–Crippen MR) is 50.8 cm³/mol. The Labute approximate surface area is 86.4 Å². The number of nitrogens with zero attached hydrogens (tertiary/aromatic N) is 1. The van der Waals surface area contributed by atoms with Crippen LogP contribution in [-0.2, 0) is 6.54 Å². The lowest BCUT2D eigenvalue weighted by molar-refractivity contribution is -0.387. The lowest BCUT2D eigenvalue weighted by Gasteiger charge is -1.94. The van der Waals surface area contributed by atoms with Crippen LogP contribution in [0.5, 0.6) is 0 Å². The van der Waals surface area contributed by atoms with E-state index in [-0.39, 0.29) is 0 Å². The van der Waals surface area contributed by atoms with Crippen LogP contribution >= 0.6 is 0 Å². The van der Waals surface area contributed by atoms with Crippen LogP contribution in [0.3, 0.4) is 0 Å². The molecule has 1 rings (SSSR count). The van der Waals surface area contributed by atoms with Gasteiger partial charge in [0, 0.05) is 6.92 Å². The summed E-state index contributed by atoms with van der Waals surface area (Å²) in [4.78, 5) is 3.14. The maximum Gasteiger partial charge on any atom is 0.673 e. The molecule has 0 bridgehead atoms. The summed E-state index contributed by atoms with van der Waals surface area (Å²) >= 11 is 0. The number of H-pyrrole nitrogens is 1. The second kappa shape index (κ2) is 6.47. The van der Waals surface area contributed by atoms with E-state index >= 15 is 0 Å². The summed E-state index contributed by atoms with van der Waals surface area (Å²) in [5, 5.41) is 0. The van der Waals surface area contributed by atoms with Crippen molar-refractivity contribution in [3.8, 4) is 0 Å². The molecule has 0 aliphatic heterocycles. The molecule has 0 atom stereocenters. The zero-order valence-electron chi connectivity index (χ0n) is 8.81. The Morgan fingerprint density at radius 1 is 1.33 bits per heavy atom. The fourth-order valence-electron chi connectivity index (χ4n) is 1.01. The SMILES string of the molecule is CCCCn1cc[nH+]c1C.F[B-](F)(F)F. The van der Waals surface area contributed by atoms with Gasteiger partial charge in [-0.15, -0.1) is 0 Å². The predicted octanol–water partition coefficient (Wildman–Crippen LogP) is 2.71. The van der Waals surface area contributed by atoms with Crippen molar-refractivity contribution < 1.29 is 22.2 Å². The molecule has 1 N–H and O–H groups in total. The number of aryl methyl sites for hydroxylation is 2. The number of hydrogen-bond acceptors (Lipinski definition) is 0.